The first kappa shape index (κ1) is 13.9. The highest BCUT2D eigenvalue weighted by Crippen LogP contribution is 2.35. The first-order valence-electron chi connectivity index (χ1n) is 7.62. The fourth-order valence-electron chi connectivity index (χ4n) is 3.23. The van der Waals surface area contributed by atoms with E-state index in [2.05, 4.69) is 36.9 Å². The van der Waals surface area contributed by atoms with Crippen LogP contribution >= 0.6 is 0 Å². The molecule has 1 saturated heterocycles. The average molecular weight is 248 g/mol. The van der Waals surface area contributed by atoms with Crippen LogP contribution in [-0.4, -0.2) is 36.1 Å². The molecule has 18 heavy (non-hydrogen) atoms. The summed E-state index contributed by atoms with van der Waals surface area (Å²) in [5, 5.41) is 3.75. The quantitative estimate of drug-likeness (QED) is 0.752. The van der Waals surface area contributed by atoms with Gasteiger partial charge in [0, 0.05) is 25.2 Å². The Balaban J connectivity index is 2.05. The molecule has 3 unspecified atom stereocenters. The van der Waals surface area contributed by atoms with E-state index in [1.807, 2.05) is 0 Å². The van der Waals surface area contributed by atoms with Gasteiger partial charge in [-0.2, -0.15) is 0 Å². The Labute approximate surface area is 113 Å². The van der Waals surface area contributed by atoms with Crippen molar-refractivity contribution < 1.29 is 0 Å². The lowest BCUT2D eigenvalue weighted by atomic mass is 9.94. The second-order valence-electron chi connectivity index (χ2n) is 6.33. The Hall–Kier alpha value is -0.520. The van der Waals surface area contributed by atoms with E-state index in [1.54, 1.807) is 0 Å². The molecular weight excluding hydrogens is 220 g/mol. The van der Waals surface area contributed by atoms with Crippen molar-refractivity contribution in [3.8, 4) is 12.3 Å². The molecule has 0 aromatic carbocycles. The molecule has 102 valence electrons. The highest BCUT2D eigenvalue weighted by atomic mass is 15.3. The largest absolute Gasteiger partial charge is 0.311 e. The van der Waals surface area contributed by atoms with Crippen molar-refractivity contribution in [2.45, 2.75) is 64.6 Å². The fraction of sp³-hybridized carbons (Fsp3) is 0.875. The second-order valence-corrected chi connectivity index (χ2v) is 6.33. The van der Waals surface area contributed by atoms with Crippen molar-refractivity contribution >= 4 is 0 Å². The molecule has 1 aliphatic heterocycles. The number of terminal acetylenes is 1. The van der Waals surface area contributed by atoms with E-state index in [-0.39, 0.29) is 0 Å². The van der Waals surface area contributed by atoms with Gasteiger partial charge in [0.25, 0.3) is 0 Å². The third-order valence-corrected chi connectivity index (χ3v) is 4.54. The van der Waals surface area contributed by atoms with Crippen LogP contribution in [0.5, 0.6) is 0 Å². The summed E-state index contributed by atoms with van der Waals surface area (Å²) in [7, 11) is 0. The number of rotatable bonds is 5. The minimum atomic E-state index is 0.339. The molecule has 1 aliphatic carbocycles. The maximum atomic E-state index is 5.78. The molecule has 1 N–H and O–H groups in total. The van der Waals surface area contributed by atoms with E-state index in [4.69, 9.17) is 6.42 Å². The number of piperazine rings is 1. The molecule has 2 rings (SSSR count). The molecule has 0 radical (unpaired) electrons. The third kappa shape index (κ3) is 3.08. The van der Waals surface area contributed by atoms with Crippen LogP contribution in [0.4, 0.5) is 0 Å². The number of hydrogen-bond acceptors (Lipinski definition) is 2. The molecule has 1 heterocycles. The molecule has 0 bridgehead atoms. The summed E-state index contributed by atoms with van der Waals surface area (Å²) in [6.07, 6.45) is 10.9. The molecule has 1 saturated carbocycles. The van der Waals surface area contributed by atoms with Gasteiger partial charge in [0.15, 0.2) is 0 Å². The van der Waals surface area contributed by atoms with Gasteiger partial charge in [0.2, 0.25) is 0 Å². The van der Waals surface area contributed by atoms with Gasteiger partial charge in [-0.3, -0.25) is 4.90 Å². The summed E-state index contributed by atoms with van der Waals surface area (Å²) in [5.74, 6) is 4.62. The minimum Gasteiger partial charge on any atom is -0.311 e. The molecule has 2 aliphatic rings. The molecule has 2 fully saturated rings. The second kappa shape index (κ2) is 6.08. The van der Waals surface area contributed by atoms with Gasteiger partial charge >= 0.3 is 0 Å². The van der Waals surface area contributed by atoms with Crippen LogP contribution in [0.3, 0.4) is 0 Å². The van der Waals surface area contributed by atoms with Crippen LogP contribution < -0.4 is 5.32 Å². The first-order chi connectivity index (χ1) is 8.67. The highest BCUT2D eigenvalue weighted by Gasteiger charge is 2.39. The topological polar surface area (TPSA) is 15.3 Å². The lowest BCUT2D eigenvalue weighted by molar-refractivity contribution is 0.0677. The lowest BCUT2D eigenvalue weighted by Crippen LogP contribution is -2.61. The average Bonchev–Trinajstić information content (AvgIpc) is 3.19. The Morgan fingerprint density at radius 2 is 2.11 bits per heavy atom. The molecule has 0 aromatic rings. The molecule has 0 amide bonds. The summed E-state index contributed by atoms with van der Waals surface area (Å²) in [6, 6.07) is 1.63. The van der Waals surface area contributed by atoms with Crippen molar-refractivity contribution in [3.63, 3.8) is 0 Å². The zero-order valence-electron chi connectivity index (χ0n) is 12.2. The van der Waals surface area contributed by atoms with Gasteiger partial charge < -0.3 is 5.32 Å². The van der Waals surface area contributed by atoms with E-state index in [1.165, 1.54) is 19.3 Å². The van der Waals surface area contributed by atoms with E-state index >= 15 is 0 Å². The Morgan fingerprint density at radius 1 is 1.39 bits per heavy atom. The van der Waals surface area contributed by atoms with Gasteiger partial charge in [-0.1, -0.05) is 33.1 Å². The predicted molar refractivity (Wildman–Crippen MR) is 77.4 cm³/mol. The van der Waals surface area contributed by atoms with Gasteiger partial charge in [-0.05, 0) is 31.1 Å². The summed E-state index contributed by atoms with van der Waals surface area (Å²) in [6.45, 7) is 9.13. The van der Waals surface area contributed by atoms with Crippen LogP contribution in [0, 0.1) is 24.2 Å². The zero-order chi connectivity index (χ0) is 13.1. The van der Waals surface area contributed by atoms with Crippen molar-refractivity contribution in [2.75, 3.05) is 13.1 Å². The Kier molecular flexibility index (Phi) is 4.70. The maximum absolute atomic E-state index is 5.78. The van der Waals surface area contributed by atoms with Crippen LogP contribution in [0.2, 0.25) is 0 Å². The van der Waals surface area contributed by atoms with Crippen LogP contribution in [0.15, 0.2) is 0 Å². The number of nitrogens with one attached hydrogen (secondary N) is 1. The van der Waals surface area contributed by atoms with Crippen LogP contribution in [0.25, 0.3) is 0 Å². The molecule has 0 spiro atoms. The van der Waals surface area contributed by atoms with Crippen molar-refractivity contribution in [1.82, 2.24) is 10.2 Å². The molecule has 0 aromatic heterocycles. The van der Waals surface area contributed by atoms with Crippen molar-refractivity contribution in [3.05, 3.63) is 0 Å². The van der Waals surface area contributed by atoms with Gasteiger partial charge in [-0.25, -0.2) is 0 Å². The lowest BCUT2D eigenvalue weighted by Gasteiger charge is -2.45. The SMILES string of the molecule is C#CC(CCC)N1CC(C2CC2)NCC1C(C)C. The van der Waals surface area contributed by atoms with Gasteiger partial charge in [0.1, 0.15) is 0 Å². The standard InChI is InChI=1S/C16H28N2/c1-5-7-14(6-2)18-11-15(13-8-9-13)17-10-16(18)12(3)4/h2,12-17H,5,7-11H2,1,3-4H3. The Morgan fingerprint density at radius 3 is 2.61 bits per heavy atom. The number of nitrogens with zero attached hydrogens (tertiary/aromatic N) is 1. The van der Waals surface area contributed by atoms with Crippen molar-refractivity contribution in [2.24, 2.45) is 11.8 Å². The molecular formula is C16H28N2. The van der Waals surface area contributed by atoms with Crippen LogP contribution in [0.1, 0.15) is 46.5 Å². The number of hydrogen-bond donors (Lipinski definition) is 1. The summed E-state index contributed by atoms with van der Waals surface area (Å²) >= 11 is 0. The maximum Gasteiger partial charge on any atom is 0.0715 e. The molecule has 3 atom stereocenters. The molecule has 2 nitrogen and oxygen atoms in total. The third-order valence-electron chi connectivity index (χ3n) is 4.54. The predicted octanol–water partition coefficient (Wildman–Crippen LogP) is 2.50. The van der Waals surface area contributed by atoms with Gasteiger partial charge in [-0.15, -0.1) is 6.42 Å². The summed E-state index contributed by atoms with van der Waals surface area (Å²) in [4.78, 5) is 2.62. The van der Waals surface area contributed by atoms with Gasteiger partial charge in [0.05, 0.1) is 6.04 Å². The normalized spacial score (nSPS) is 31.3. The van der Waals surface area contributed by atoms with E-state index < -0.39 is 0 Å². The summed E-state index contributed by atoms with van der Waals surface area (Å²) < 4.78 is 0. The summed E-state index contributed by atoms with van der Waals surface area (Å²) in [5.41, 5.74) is 0. The zero-order valence-corrected chi connectivity index (χ0v) is 12.2. The Bertz CT molecular complexity index is 301. The smallest absolute Gasteiger partial charge is 0.0715 e. The van der Waals surface area contributed by atoms with E-state index in [0.29, 0.717) is 24.0 Å². The van der Waals surface area contributed by atoms with Crippen LogP contribution in [-0.2, 0) is 0 Å². The highest BCUT2D eigenvalue weighted by molar-refractivity contribution is 5.05. The first-order valence-corrected chi connectivity index (χ1v) is 7.62. The van der Waals surface area contributed by atoms with E-state index in [9.17, 15) is 0 Å². The molecule has 2 heteroatoms. The monoisotopic (exact) mass is 248 g/mol. The fourth-order valence-corrected chi connectivity index (χ4v) is 3.23. The van der Waals surface area contributed by atoms with Crippen molar-refractivity contribution in [1.29, 1.82) is 0 Å². The van der Waals surface area contributed by atoms with E-state index in [0.717, 1.165) is 25.4 Å². The minimum absolute atomic E-state index is 0.339.